The molecule has 0 saturated carbocycles. The van der Waals surface area contributed by atoms with Gasteiger partial charge in [-0.05, 0) is 53.6 Å². The first kappa shape index (κ1) is 28.3. The number of hydrogen-bond acceptors (Lipinski definition) is 6. The molecule has 0 amide bonds. The molecule has 2 aromatic heterocycles. The lowest BCUT2D eigenvalue weighted by molar-refractivity contribution is 1.29. The summed E-state index contributed by atoms with van der Waals surface area (Å²) in [4.78, 5) is 15.9. The highest BCUT2D eigenvalue weighted by atomic mass is 14.8. The summed E-state index contributed by atoms with van der Waals surface area (Å²) in [5, 5.41) is 31.9. The largest absolute Gasteiger partial charge is 0.247 e. The highest BCUT2D eigenvalue weighted by Gasteiger charge is 2.23. The fourth-order valence-electron chi connectivity index (χ4n) is 6.30. The van der Waals surface area contributed by atoms with E-state index in [2.05, 4.69) is 42.5 Å². The van der Waals surface area contributed by atoms with Gasteiger partial charge in [-0.2, -0.15) is 15.8 Å². The number of benzene rings is 6. The van der Waals surface area contributed by atoms with Gasteiger partial charge < -0.3 is 0 Å². The van der Waals surface area contributed by atoms with Crippen molar-refractivity contribution < 1.29 is 0 Å². The molecule has 6 heteroatoms. The second kappa shape index (κ2) is 11.6. The number of para-hydroxylation sites is 1. The molecule has 0 aliphatic rings. The molecule has 6 nitrogen and oxygen atoms in total. The van der Waals surface area contributed by atoms with Crippen LogP contribution in [0.1, 0.15) is 16.7 Å². The first-order valence-electron chi connectivity index (χ1n) is 15.3. The first-order valence-corrected chi connectivity index (χ1v) is 15.3. The predicted molar refractivity (Wildman–Crippen MR) is 188 cm³/mol. The Morgan fingerprint density at radius 1 is 0.417 bits per heavy atom. The van der Waals surface area contributed by atoms with Crippen molar-refractivity contribution in [3.63, 3.8) is 0 Å². The van der Waals surface area contributed by atoms with Crippen LogP contribution in [0.2, 0.25) is 0 Å². The Morgan fingerprint density at radius 2 is 1.00 bits per heavy atom. The molecule has 2 heterocycles. The van der Waals surface area contributed by atoms with Crippen molar-refractivity contribution in [2.45, 2.75) is 0 Å². The summed E-state index contributed by atoms with van der Waals surface area (Å²) in [6, 6.07) is 49.2. The molecule has 0 unspecified atom stereocenters. The van der Waals surface area contributed by atoms with Crippen LogP contribution in [0.4, 0.5) is 0 Å². The molecule has 0 aliphatic carbocycles. The van der Waals surface area contributed by atoms with E-state index in [4.69, 9.17) is 15.0 Å². The van der Waals surface area contributed by atoms with E-state index in [0.717, 1.165) is 43.9 Å². The average molecular weight is 611 g/mol. The molecule has 0 N–H and O–H groups in total. The number of rotatable bonds is 4. The Labute approximate surface area is 276 Å². The Kier molecular flexibility index (Phi) is 6.85. The number of fused-ring (bicyclic) bond motifs is 5. The maximum Gasteiger partial charge on any atom is 0.0998 e. The standard InChI is InChI=1S/C42H22N6/c43-23-26-14-18-29(19-15-26)39-40(30-20-16-27(24-44)17-21-30)48-42-36(47-39)22-34(28-8-2-1-3-9-28)37-33-12-6-7-13-35(33)46-41(38(37)42)32-11-5-4-10-31(32)25-45/h1-22H. The van der Waals surface area contributed by atoms with E-state index >= 15 is 0 Å². The van der Waals surface area contributed by atoms with Gasteiger partial charge in [0.1, 0.15) is 0 Å². The second-order valence-electron chi connectivity index (χ2n) is 11.3. The maximum absolute atomic E-state index is 10.2. The van der Waals surface area contributed by atoms with Gasteiger partial charge in [0.15, 0.2) is 0 Å². The Bertz CT molecular complexity index is 2680. The molecule has 0 fully saturated rings. The van der Waals surface area contributed by atoms with E-state index in [1.807, 2.05) is 78.9 Å². The van der Waals surface area contributed by atoms with Crippen LogP contribution >= 0.6 is 0 Å². The van der Waals surface area contributed by atoms with Crippen molar-refractivity contribution in [2.75, 3.05) is 0 Å². The number of nitriles is 3. The molecule has 0 spiro atoms. The Morgan fingerprint density at radius 3 is 1.67 bits per heavy atom. The van der Waals surface area contributed by atoms with E-state index in [1.165, 1.54) is 0 Å². The topological polar surface area (TPSA) is 110 Å². The lowest BCUT2D eigenvalue weighted by Gasteiger charge is -2.18. The maximum atomic E-state index is 10.2. The Balaban J connectivity index is 1.60. The van der Waals surface area contributed by atoms with Crippen molar-refractivity contribution in [1.82, 2.24) is 15.0 Å². The van der Waals surface area contributed by atoms with Gasteiger partial charge in [-0.1, -0.05) is 91.0 Å². The summed E-state index contributed by atoms with van der Waals surface area (Å²) in [7, 11) is 0. The van der Waals surface area contributed by atoms with Crippen LogP contribution in [0.3, 0.4) is 0 Å². The molecule has 6 aromatic carbocycles. The highest BCUT2D eigenvalue weighted by Crippen LogP contribution is 2.44. The summed E-state index contributed by atoms with van der Waals surface area (Å²) in [6.45, 7) is 0. The third-order valence-electron chi connectivity index (χ3n) is 8.56. The minimum atomic E-state index is 0.509. The van der Waals surface area contributed by atoms with Gasteiger partial charge in [0, 0.05) is 32.8 Å². The van der Waals surface area contributed by atoms with Gasteiger partial charge in [0.25, 0.3) is 0 Å². The fourth-order valence-corrected chi connectivity index (χ4v) is 6.30. The molecule has 220 valence electrons. The van der Waals surface area contributed by atoms with Gasteiger partial charge in [0.2, 0.25) is 0 Å². The van der Waals surface area contributed by atoms with Crippen molar-refractivity contribution >= 4 is 32.7 Å². The zero-order valence-corrected chi connectivity index (χ0v) is 25.4. The molecule has 0 atom stereocenters. The van der Waals surface area contributed by atoms with Crippen molar-refractivity contribution in [2.24, 2.45) is 0 Å². The van der Waals surface area contributed by atoms with Crippen LogP contribution in [-0.4, -0.2) is 15.0 Å². The SMILES string of the molecule is N#Cc1ccc(-c2nc3cc(-c4ccccc4)c4c5ccccc5nc(-c5ccccc5C#N)c4c3nc2-c2ccc(C#N)cc2)cc1. The van der Waals surface area contributed by atoms with Gasteiger partial charge >= 0.3 is 0 Å². The van der Waals surface area contributed by atoms with Crippen molar-refractivity contribution in [3.8, 4) is 63.1 Å². The first-order chi connectivity index (χ1) is 23.7. The molecular formula is C42H22N6. The molecule has 8 rings (SSSR count). The average Bonchev–Trinajstić information content (AvgIpc) is 3.17. The summed E-state index contributed by atoms with van der Waals surface area (Å²) in [6.07, 6.45) is 0. The molecule has 48 heavy (non-hydrogen) atoms. The van der Waals surface area contributed by atoms with Crippen molar-refractivity contribution in [3.05, 3.63) is 150 Å². The zero-order chi connectivity index (χ0) is 32.6. The van der Waals surface area contributed by atoms with E-state index in [-0.39, 0.29) is 0 Å². The van der Waals surface area contributed by atoms with E-state index in [1.54, 1.807) is 30.3 Å². The molecule has 0 aliphatic heterocycles. The zero-order valence-electron chi connectivity index (χ0n) is 25.4. The molecule has 8 aromatic rings. The summed E-state index contributed by atoms with van der Waals surface area (Å²) in [5.74, 6) is 0. The molecular weight excluding hydrogens is 589 g/mol. The minimum absolute atomic E-state index is 0.509. The summed E-state index contributed by atoms with van der Waals surface area (Å²) < 4.78 is 0. The van der Waals surface area contributed by atoms with Crippen LogP contribution in [0, 0.1) is 34.0 Å². The Hall–Kier alpha value is -7.20. The number of aromatic nitrogens is 3. The van der Waals surface area contributed by atoms with Crippen LogP contribution in [0.15, 0.2) is 133 Å². The minimum Gasteiger partial charge on any atom is -0.247 e. The quantitative estimate of drug-likeness (QED) is 0.184. The lowest BCUT2D eigenvalue weighted by atomic mass is 9.90. The third-order valence-corrected chi connectivity index (χ3v) is 8.56. The number of hydrogen-bond donors (Lipinski definition) is 0. The second-order valence-corrected chi connectivity index (χ2v) is 11.3. The highest BCUT2D eigenvalue weighted by molar-refractivity contribution is 6.25. The normalized spacial score (nSPS) is 10.9. The van der Waals surface area contributed by atoms with Crippen LogP contribution in [0.25, 0.3) is 77.6 Å². The smallest absolute Gasteiger partial charge is 0.0998 e. The van der Waals surface area contributed by atoms with Gasteiger partial charge in [-0.3, -0.25) is 0 Å². The van der Waals surface area contributed by atoms with Crippen LogP contribution in [-0.2, 0) is 0 Å². The molecule has 0 saturated heterocycles. The predicted octanol–water partition coefficient (Wildman–Crippen LogP) is 9.61. The van der Waals surface area contributed by atoms with Crippen LogP contribution in [0.5, 0.6) is 0 Å². The lowest BCUT2D eigenvalue weighted by Crippen LogP contribution is -2.00. The molecule has 0 bridgehead atoms. The number of pyridine rings is 1. The van der Waals surface area contributed by atoms with Crippen molar-refractivity contribution in [1.29, 1.82) is 15.8 Å². The van der Waals surface area contributed by atoms with E-state index in [0.29, 0.717) is 50.4 Å². The summed E-state index contributed by atoms with van der Waals surface area (Å²) in [5.41, 5.74) is 9.89. The van der Waals surface area contributed by atoms with Gasteiger partial charge in [0.05, 0.1) is 68.5 Å². The van der Waals surface area contributed by atoms with Gasteiger partial charge in [-0.25, -0.2) is 15.0 Å². The monoisotopic (exact) mass is 610 g/mol. The van der Waals surface area contributed by atoms with Gasteiger partial charge in [-0.15, -0.1) is 0 Å². The van der Waals surface area contributed by atoms with E-state index in [9.17, 15) is 15.8 Å². The number of nitrogens with zero attached hydrogens (tertiary/aromatic N) is 6. The summed E-state index contributed by atoms with van der Waals surface area (Å²) >= 11 is 0. The van der Waals surface area contributed by atoms with Crippen LogP contribution < -0.4 is 0 Å². The fraction of sp³-hybridized carbons (Fsp3) is 0. The molecule has 0 radical (unpaired) electrons. The third kappa shape index (κ3) is 4.68. The van der Waals surface area contributed by atoms with E-state index < -0.39 is 0 Å².